The van der Waals surface area contributed by atoms with Crippen LogP contribution in [0.2, 0.25) is 18.6 Å². The summed E-state index contributed by atoms with van der Waals surface area (Å²) in [7, 11) is -2.03. The van der Waals surface area contributed by atoms with E-state index in [1.807, 2.05) is 30.4 Å². The number of hydrogen-bond acceptors (Lipinski definition) is 4. The van der Waals surface area contributed by atoms with Crippen LogP contribution >= 0.6 is 0 Å². The van der Waals surface area contributed by atoms with Gasteiger partial charge in [0.25, 0.3) is 0 Å². The minimum absolute atomic E-state index is 0.0110. The van der Waals surface area contributed by atoms with Crippen LogP contribution in [0.5, 0.6) is 0 Å². The van der Waals surface area contributed by atoms with Crippen LogP contribution in [0.15, 0.2) is 54.6 Å². The number of esters is 2. The molecule has 128 valence electrons. The first-order chi connectivity index (χ1) is 11.3. The minimum atomic E-state index is -2.03. The third kappa shape index (κ3) is 4.23. The summed E-state index contributed by atoms with van der Waals surface area (Å²) in [4.78, 5) is 23.1. The van der Waals surface area contributed by atoms with Crippen LogP contribution in [0.25, 0.3) is 0 Å². The van der Waals surface area contributed by atoms with Gasteiger partial charge >= 0.3 is 11.9 Å². The van der Waals surface area contributed by atoms with E-state index in [1.54, 1.807) is 6.08 Å². The average Bonchev–Trinajstić information content (AvgIpc) is 2.70. The highest BCUT2D eigenvalue weighted by atomic mass is 28.3. The summed E-state index contributed by atoms with van der Waals surface area (Å²) < 4.78 is 11.0. The molecule has 1 aliphatic carbocycles. The van der Waals surface area contributed by atoms with Crippen molar-refractivity contribution >= 4 is 25.2 Å². The van der Waals surface area contributed by atoms with Gasteiger partial charge < -0.3 is 9.47 Å². The molecule has 5 heteroatoms. The topological polar surface area (TPSA) is 52.6 Å². The number of allylic oxidation sites excluding steroid dienone is 2. The van der Waals surface area contributed by atoms with Crippen LogP contribution in [0.3, 0.4) is 0 Å². The number of hydrogen-bond donors (Lipinski definition) is 0. The highest BCUT2D eigenvalue weighted by Crippen LogP contribution is 2.34. The molecule has 0 bridgehead atoms. The quantitative estimate of drug-likeness (QED) is 0.622. The normalized spacial score (nSPS) is 23.4. The largest absolute Gasteiger partial charge is 0.458 e. The van der Waals surface area contributed by atoms with Crippen molar-refractivity contribution in [2.24, 2.45) is 0 Å². The standard InChI is InChI=1S/C19H24O4Si/c1-14(20)22-17-12-8-9-13-18(19(17)23-15(2)21)24(3,4)16-10-6-5-7-11-16/h5-13,17-19H,1-4H3/t17-,18-,19-/m1/s1. The van der Waals surface area contributed by atoms with Crippen LogP contribution in [-0.4, -0.2) is 32.2 Å². The summed E-state index contributed by atoms with van der Waals surface area (Å²) in [6.07, 6.45) is 6.54. The van der Waals surface area contributed by atoms with Crippen molar-refractivity contribution in [3.63, 3.8) is 0 Å². The van der Waals surface area contributed by atoms with E-state index in [1.165, 1.54) is 19.0 Å². The molecule has 1 aromatic carbocycles. The fraction of sp³-hybridized carbons (Fsp3) is 0.368. The van der Waals surface area contributed by atoms with E-state index in [0.717, 1.165) is 0 Å². The lowest BCUT2D eigenvalue weighted by molar-refractivity contribution is -0.161. The van der Waals surface area contributed by atoms with E-state index in [-0.39, 0.29) is 17.5 Å². The van der Waals surface area contributed by atoms with Crippen LogP contribution in [0.1, 0.15) is 13.8 Å². The Labute approximate surface area is 144 Å². The molecule has 0 heterocycles. The second-order valence-corrected chi connectivity index (χ2v) is 11.2. The number of benzene rings is 1. The fourth-order valence-corrected chi connectivity index (χ4v) is 6.23. The second kappa shape index (κ2) is 7.62. The Morgan fingerprint density at radius 2 is 1.50 bits per heavy atom. The number of ether oxygens (including phenoxy) is 2. The molecule has 0 aliphatic heterocycles. The first-order valence-electron chi connectivity index (χ1n) is 8.07. The Balaban J connectivity index is 2.43. The van der Waals surface area contributed by atoms with Gasteiger partial charge in [0.05, 0.1) is 8.07 Å². The van der Waals surface area contributed by atoms with Gasteiger partial charge in [-0.1, -0.05) is 66.8 Å². The summed E-state index contributed by atoms with van der Waals surface area (Å²) in [6, 6.07) is 10.3. The molecule has 0 saturated heterocycles. The number of carbonyl (C=O) groups excluding carboxylic acids is 2. The van der Waals surface area contributed by atoms with Crippen molar-refractivity contribution in [3.05, 3.63) is 54.6 Å². The molecule has 0 amide bonds. The van der Waals surface area contributed by atoms with Crippen molar-refractivity contribution in [1.82, 2.24) is 0 Å². The molecular weight excluding hydrogens is 320 g/mol. The van der Waals surface area contributed by atoms with Gasteiger partial charge in [-0.05, 0) is 6.08 Å². The molecule has 2 rings (SSSR count). The molecule has 0 aromatic heterocycles. The van der Waals surface area contributed by atoms with Gasteiger partial charge in [0.15, 0.2) is 6.10 Å². The molecule has 0 fully saturated rings. The van der Waals surface area contributed by atoms with Crippen molar-refractivity contribution in [3.8, 4) is 0 Å². The minimum Gasteiger partial charge on any atom is -0.458 e. The Hall–Kier alpha value is -2.14. The molecular formula is C19H24O4Si. The Kier molecular flexibility index (Phi) is 5.78. The summed E-state index contributed by atoms with van der Waals surface area (Å²) in [5.41, 5.74) is -0.0110. The summed E-state index contributed by atoms with van der Waals surface area (Å²) in [6.45, 7) is 7.23. The smallest absolute Gasteiger partial charge is 0.303 e. The molecule has 0 saturated carbocycles. The third-order valence-corrected chi connectivity index (χ3v) is 8.37. The highest BCUT2D eigenvalue weighted by Gasteiger charge is 2.43. The van der Waals surface area contributed by atoms with Gasteiger partial charge in [-0.2, -0.15) is 0 Å². The molecule has 3 atom stereocenters. The van der Waals surface area contributed by atoms with E-state index >= 15 is 0 Å². The molecule has 1 aromatic rings. The van der Waals surface area contributed by atoms with Gasteiger partial charge in [-0.25, -0.2) is 0 Å². The lowest BCUT2D eigenvalue weighted by atomic mass is 10.1. The Morgan fingerprint density at radius 3 is 2.08 bits per heavy atom. The monoisotopic (exact) mass is 344 g/mol. The predicted molar refractivity (Wildman–Crippen MR) is 96.7 cm³/mol. The zero-order valence-electron chi connectivity index (χ0n) is 14.6. The van der Waals surface area contributed by atoms with Crippen LogP contribution in [0.4, 0.5) is 0 Å². The van der Waals surface area contributed by atoms with Crippen LogP contribution in [0, 0.1) is 0 Å². The molecule has 4 nitrogen and oxygen atoms in total. The van der Waals surface area contributed by atoms with Crippen LogP contribution < -0.4 is 5.19 Å². The first-order valence-corrected chi connectivity index (χ1v) is 11.1. The van der Waals surface area contributed by atoms with Gasteiger partial charge in [-0.15, -0.1) is 0 Å². The molecule has 0 unspecified atom stereocenters. The second-order valence-electron chi connectivity index (χ2n) is 6.53. The van der Waals surface area contributed by atoms with E-state index < -0.39 is 20.3 Å². The van der Waals surface area contributed by atoms with E-state index in [2.05, 4.69) is 31.3 Å². The van der Waals surface area contributed by atoms with Gasteiger partial charge in [-0.3, -0.25) is 9.59 Å². The lowest BCUT2D eigenvalue weighted by Gasteiger charge is -2.38. The SMILES string of the molecule is CC(=O)O[C@H]1[C@H]([Si](C)(C)c2ccccc2)C=CC=C[C@H]1OC(C)=O. The Morgan fingerprint density at radius 1 is 0.917 bits per heavy atom. The summed E-state index contributed by atoms with van der Waals surface area (Å²) >= 11 is 0. The number of rotatable bonds is 4. The summed E-state index contributed by atoms with van der Waals surface area (Å²) in [5, 5.41) is 1.26. The van der Waals surface area contributed by atoms with Crippen LogP contribution in [-0.2, 0) is 19.1 Å². The maximum Gasteiger partial charge on any atom is 0.303 e. The average molecular weight is 344 g/mol. The van der Waals surface area contributed by atoms with E-state index in [0.29, 0.717) is 0 Å². The molecule has 0 radical (unpaired) electrons. The maximum absolute atomic E-state index is 11.7. The van der Waals surface area contributed by atoms with Gasteiger partial charge in [0.1, 0.15) is 6.10 Å². The maximum atomic E-state index is 11.7. The third-order valence-electron chi connectivity index (χ3n) is 4.36. The number of carbonyl (C=O) groups is 2. The molecule has 24 heavy (non-hydrogen) atoms. The van der Waals surface area contributed by atoms with Crippen molar-refractivity contribution in [2.45, 2.75) is 44.7 Å². The molecule has 0 N–H and O–H groups in total. The predicted octanol–water partition coefficient (Wildman–Crippen LogP) is 2.96. The van der Waals surface area contributed by atoms with Crippen molar-refractivity contribution in [1.29, 1.82) is 0 Å². The zero-order valence-corrected chi connectivity index (χ0v) is 15.6. The highest BCUT2D eigenvalue weighted by molar-refractivity contribution is 6.91. The Bertz CT molecular complexity index is 649. The zero-order chi connectivity index (χ0) is 17.7. The fourth-order valence-electron chi connectivity index (χ4n) is 3.12. The van der Waals surface area contributed by atoms with Gasteiger partial charge in [0.2, 0.25) is 0 Å². The molecule has 0 spiro atoms. The van der Waals surface area contributed by atoms with E-state index in [4.69, 9.17) is 9.47 Å². The van der Waals surface area contributed by atoms with E-state index in [9.17, 15) is 9.59 Å². The van der Waals surface area contributed by atoms with Crippen molar-refractivity contribution < 1.29 is 19.1 Å². The van der Waals surface area contributed by atoms with Crippen molar-refractivity contribution in [2.75, 3.05) is 0 Å². The lowest BCUT2D eigenvalue weighted by Crippen LogP contribution is -2.52. The molecule has 1 aliphatic rings. The summed E-state index contributed by atoms with van der Waals surface area (Å²) in [5.74, 6) is -0.759. The first kappa shape index (κ1) is 18.2. The van der Waals surface area contributed by atoms with Gasteiger partial charge in [0, 0.05) is 19.4 Å².